The fourth-order valence-corrected chi connectivity index (χ4v) is 3.15. The van der Waals surface area contributed by atoms with Crippen LogP contribution in [0.25, 0.3) is 0 Å². The van der Waals surface area contributed by atoms with E-state index < -0.39 is 8.07 Å². The van der Waals surface area contributed by atoms with Crippen molar-refractivity contribution in [3.63, 3.8) is 0 Å². The van der Waals surface area contributed by atoms with Crippen molar-refractivity contribution in [2.45, 2.75) is 25.6 Å². The lowest BCUT2D eigenvalue weighted by Crippen LogP contribution is -2.44. The van der Waals surface area contributed by atoms with Crippen molar-refractivity contribution in [1.29, 1.82) is 5.26 Å². The minimum absolute atomic E-state index is 0.176. The van der Waals surface area contributed by atoms with Crippen LogP contribution in [-0.4, -0.2) is 8.07 Å². The molecule has 0 saturated heterocycles. The molecule has 0 saturated carbocycles. The Kier molecular flexibility index (Phi) is 2.89. The molecule has 0 radical (unpaired) electrons. The summed E-state index contributed by atoms with van der Waals surface area (Å²) in [4.78, 5) is 0. The second-order valence-electron chi connectivity index (χ2n) is 3.94. The maximum absolute atomic E-state index is 8.92. The molecule has 13 heavy (non-hydrogen) atoms. The van der Waals surface area contributed by atoms with Crippen LogP contribution in [0, 0.1) is 11.3 Å². The van der Waals surface area contributed by atoms with Crippen molar-refractivity contribution >= 4 is 13.3 Å². The van der Waals surface area contributed by atoms with E-state index in [1.807, 2.05) is 25.1 Å². The van der Waals surface area contributed by atoms with Gasteiger partial charge in [-0.2, -0.15) is 5.26 Å². The normalized spacial score (nSPS) is 13.4. The fraction of sp³-hybridized carbons (Fsp3) is 0.364. The van der Waals surface area contributed by atoms with Crippen molar-refractivity contribution in [3.05, 3.63) is 30.3 Å². The maximum Gasteiger partial charge on any atom is 0.0986 e. The van der Waals surface area contributed by atoms with Gasteiger partial charge < -0.3 is 0 Å². The molecule has 1 aromatic rings. The number of rotatable bonds is 2. The van der Waals surface area contributed by atoms with Gasteiger partial charge in [0.2, 0.25) is 0 Å². The van der Waals surface area contributed by atoms with Crippen LogP contribution in [-0.2, 0) is 0 Å². The predicted molar refractivity (Wildman–Crippen MR) is 58.6 cm³/mol. The molecule has 2 heteroatoms. The second kappa shape index (κ2) is 3.76. The maximum atomic E-state index is 8.92. The molecule has 0 bridgehead atoms. The zero-order chi connectivity index (χ0) is 9.90. The highest BCUT2D eigenvalue weighted by atomic mass is 28.3. The molecular weight excluding hydrogens is 174 g/mol. The molecule has 0 aliphatic rings. The molecule has 1 nitrogen and oxygen atoms in total. The molecule has 1 atom stereocenters. The Hall–Kier alpha value is -1.07. The van der Waals surface area contributed by atoms with Crippen LogP contribution in [0.4, 0.5) is 0 Å². The Morgan fingerprint density at radius 3 is 2.23 bits per heavy atom. The Bertz CT molecular complexity index is 311. The standard InChI is InChI=1S/C11H15NSi/c1-10(9-12)13(2,3)11-7-5-4-6-8-11/h4-8,10H,1-3H3. The smallest absolute Gasteiger partial charge is 0.0986 e. The average molecular weight is 189 g/mol. The third-order valence-electron chi connectivity index (χ3n) is 2.79. The van der Waals surface area contributed by atoms with Gasteiger partial charge in [-0.1, -0.05) is 55.5 Å². The monoisotopic (exact) mass is 189 g/mol. The molecule has 0 aliphatic heterocycles. The Balaban J connectivity index is 3.02. The van der Waals surface area contributed by atoms with E-state index in [1.165, 1.54) is 5.19 Å². The van der Waals surface area contributed by atoms with E-state index in [0.717, 1.165) is 0 Å². The van der Waals surface area contributed by atoms with Gasteiger partial charge in [0.1, 0.15) is 0 Å². The van der Waals surface area contributed by atoms with E-state index in [0.29, 0.717) is 0 Å². The molecule has 0 amide bonds. The molecule has 0 fully saturated rings. The van der Waals surface area contributed by atoms with Crippen LogP contribution in [0.3, 0.4) is 0 Å². The Labute approximate surface area is 81.0 Å². The van der Waals surface area contributed by atoms with Gasteiger partial charge in [0.15, 0.2) is 0 Å². The number of nitriles is 1. The fourth-order valence-electron chi connectivity index (χ4n) is 1.28. The molecule has 0 N–H and O–H groups in total. The summed E-state index contributed by atoms with van der Waals surface area (Å²) in [5.74, 6) is 0. The first-order valence-electron chi connectivity index (χ1n) is 4.54. The topological polar surface area (TPSA) is 23.8 Å². The van der Waals surface area contributed by atoms with Gasteiger partial charge in [-0.05, 0) is 0 Å². The number of hydrogen-bond donors (Lipinski definition) is 0. The van der Waals surface area contributed by atoms with Gasteiger partial charge in [0, 0.05) is 5.54 Å². The largest absolute Gasteiger partial charge is 0.198 e. The predicted octanol–water partition coefficient (Wildman–Crippen LogP) is 2.52. The first kappa shape index (κ1) is 10.0. The van der Waals surface area contributed by atoms with Crippen molar-refractivity contribution in [2.24, 2.45) is 0 Å². The molecule has 1 rings (SSSR count). The summed E-state index contributed by atoms with van der Waals surface area (Å²) in [6.07, 6.45) is 0. The van der Waals surface area contributed by atoms with Crippen LogP contribution in [0.5, 0.6) is 0 Å². The van der Waals surface area contributed by atoms with E-state index in [2.05, 4.69) is 31.3 Å². The molecule has 0 aliphatic carbocycles. The molecule has 0 spiro atoms. The highest BCUT2D eigenvalue weighted by Gasteiger charge is 2.29. The summed E-state index contributed by atoms with van der Waals surface area (Å²) in [5.41, 5.74) is 0.176. The lowest BCUT2D eigenvalue weighted by Gasteiger charge is -2.25. The van der Waals surface area contributed by atoms with Gasteiger partial charge in [-0.15, -0.1) is 0 Å². The van der Waals surface area contributed by atoms with E-state index in [1.54, 1.807) is 0 Å². The summed E-state index contributed by atoms with van der Waals surface area (Å²) < 4.78 is 0. The molecular formula is C11H15NSi. The van der Waals surface area contributed by atoms with Crippen LogP contribution >= 0.6 is 0 Å². The second-order valence-corrected chi connectivity index (χ2v) is 8.83. The van der Waals surface area contributed by atoms with Gasteiger partial charge in [0.25, 0.3) is 0 Å². The molecule has 0 heterocycles. The summed E-state index contributed by atoms with van der Waals surface area (Å²) in [6.45, 7) is 6.52. The third-order valence-corrected chi connectivity index (χ3v) is 6.91. The van der Waals surface area contributed by atoms with E-state index >= 15 is 0 Å². The highest BCUT2D eigenvalue weighted by molar-refractivity contribution is 6.91. The van der Waals surface area contributed by atoms with Gasteiger partial charge >= 0.3 is 0 Å². The SMILES string of the molecule is CC(C#N)[Si](C)(C)c1ccccc1. The summed E-state index contributed by atoms with van der Waals surface area (Å²) in [5, 5.41) is 10.3. The quantitative estimate of drug-likeness (QED) is 0.656. The average Bonchev–Trinajstić information content (AvgIpc) is 2.18. The van der Waals surface area contributed by atoms with Crippen molar-refractivity contribution in [1.82, 2.24) is 0 Å². The number of nitrogens with zero attached hydrogens (tertiary/aromatic N) is 1. The van der Waals surface area contributed by atoms with Gasteiger partial charge in [-0.25, -0.2) is 0 Å². The van der Waals surface area contributed by atoms with Crippen LogP contribution in [0.15, 0.2) is 30.3 Å². The zero-order valence-electron chi connectivity index (χ0n) is 8.41. The summed E-state index contributed by atoms with van der Waals surface area (Å²) in [7, 11) is -1.54. The van der Waals surface area contributed by atoms with Crippen LogP contribution < -0.4 is 5.19 Å². The minimum atomic E-state index is -1.54. The van der Waals surface area contributed by atoms with Crippen molar-refractivity contribution in [3.8, 4) is 6.07 Å². The first-order valence-corrected chi connectivity index (χ1v) is 7.62. The van der Waals surface area contributed by atoms with E-state index in [9.17, 15) is 0 Å². The zero-order valence-corrected chi connectivity index (χ0v) is 9.41. The molecule has 0 aromatic heterocycles. The van der Waals surface area contributed by atoms with E-state index in [-0.39, 0.29) is 5.54 Å². The molecule has 1 unspecified atom stereocenters. The van der Waals surface area contributed by atoms with E-state index in [4.69, 9.17) is 5.26 Å². The van der Waals surface area contributed by atoms with Gasteiger partial charge in [0.05, 0.1) is 14.1 Å². The number of hydrogen-bond acceptors (Lipinski definition) is 1. The van der Waals surface area contributed by atoms with Crippen LogP contribution in [0.2, 0.25) is 18.6 Å². The lowest BCUT2D eigenvalue weighted by atomic mass is 10.4. The van der Waals surface area contributed by atoms with Crippen molar-refractivity contribution < 1.29 is 0 Å². The lowest BCUT2D eigenvalue weighted by molar-refractivity contribution is 1.15. The molecule has 1 aromatic carbocycles. The van der Waals surface area contributed by atoms with Crippen molar-refractivity contribution in [2.75, 3.05) is 0 Å². The van der Waals surface area contributed by atoms with Crippen LogP contribution in [0.1, 0.15) is 6.92 Å². The molecule has 68 valence electrons. The Morgan fingerprint density at radius 1 is 1.23 bits per heavy atom. The third kappa shape index (κ3) is 1.99. The first-order chi connectivity index (χ1) is 6.09. The highest BCUT2D eigenvalue weighted by Crippen LogP contribution is 2.19. The minimum Gasteiger partial charge on any atom is -0.198 e. The number of benzene rings is 1. The summed E-state index contributed by atoms with van der Waals surface area (Å²) in [6, 6.07) is 12.8. The summed E-state index contributed by atoms with van der Waals surface area (Å²) >= 11 is 0. The Morgan fingerprint density at radius 2 is 1.77 bits per heavy atom. The van der Waals surface area contributed by atoms with Gasteiger partial charge in [-0.3, -0.25) is 0 Å².